The fraction of sp³-hybridized carbons (Fsp3) is 0.304. The van der Waals surface area contributed by atoms with Gasteiger partial charge in [0.05, 0.1) is 39.0 Å². The number of methoxy groups -OCH3 is 1. The van der Waals surface area contributed by atoms with E-state index in [0.29, 0.717) is 12.2 Å². The Kier molecular flexibility index (Phi) is 5.72. The third kappa shape index (κ3) is 4.16. The number of piperazine rings is 1. The van der Waals surface area contributed by atoms with Crippen molar-refractivity contribution in [1.29, 1.82) is 0 Å². The lowest BCUT2D eigenvalue weighted by Gasteiger charge is -2.33. The first-order valence-corrected chi connectivity index (χ1v) is 10.2. The number of anilines is 2. The molecule has 7 heteroatoms. The molecule has 1 aliphatic heterocycles. The maximum absolute atomic E-state index is 12.8. The molecule has 0 atom stereocenters. The first-order chi connectivity index (χ1) is 14.5. The van der Waals surface area contributed by atoms with Crippen LogP contribution < -0.4 is 15.1 Å². The molecule has 0 aliphatic carbocycles. The number of esters is 1. The highest BCUT2D eigenvalue weighted by molar-refractivity contribution is 6.11. The number of H-pyrrole nitrogens is 1. The molecule has 156 valence electrons. The van der Waals surface area contributed by atoms with Gasteiger partial charge in [-0.1, -0.05) is 30.3 Å². The molecular weight excluding hydrogens is 380 g/mol. The van der Waals surface area contributed by atoms with Gasteiger partial charge in [-0.15, -0.1) is 0 Å². The molecule has 3 N–H and O–H groups in total. The van der Waals surface area contributed by atoms with Gasteiger partial charge in [-0.2, -0.15) is 0 Å². The van der Waals surface area contributed by atoms with E-state index in [4.69, 9.17) is 4.74 Å². The lowest BCUT2D eigenvalue weighted by Crippen LogP contribution is -3.15. The van der Waals surface area contributed by atoms with Crippen molar-refractivity contribution in [2.24, 2.45) is 0 Å². The fourth-order valence-corrected chi connectivity index (χ4v) is 4.00. The topological polar surface area (TPSA) is 78.9 Å². The Hall–Kier alpha value is -3.32. The van der Waals surface area contributed by atoms with Crippen LogP contribution in [0, 0.1) is 6.92 Å². The number of hydrogen-bond donors (Lipinski definition) is 3. The minimum Gasteiger partial charge on any atom is -0.464 e. The number of hydrogen-bond acceptors (Lipinski definition) is 4. The van der Waals surface area contributed by atoms with Gasteiger partial charge in [0.25, 0.3) is 5.91 Å². The second-order valence-electron chi connectivity index (χ2n) is 7.71. The normalized spacial score (nSPS) is 14.7. The summed E-state index contributed by atoms with van der Waals surface area (Å²) in [5.74, 6) is -0.604. The van der Waals surface area contributed by atoms with Crippen molar-refractivity contribution in [3.8, 4) is 0 Å². The number of aromatic amines is 1. The summed E-state index contributed by atoms with van der Waals surface area (Å²) in [4.78, 5) is 31.7. The van der Waals surface area contributed by atoms with Crippen LogP contribution in [0.25, 0.3) is 10.9 Å². The van der Waals surface area contributed by atoms with Gasteiger partial charge in [0.1, 0.15) is 5.69 Å². The number of nitrogens with zero attached hydrogens (tertiary/aromatic N) is 1. The van der Waals surface area contributed by atoms with Crippen LogP contribution in [0.4, 0.5) is 11.4 Å². The zero-order valence-corrected chi connectivity index (χ0v) is 17.3. The maximum atomic E-state index is 12.8. The van der Waals surface area contributed by atoms with E-state index in [9.17, 15) is 9.59 Å². The van der Waals surface area contributed by atoms with Gasteiger partial charge in [-0.25, -0.2) is 4.79 Å². The van der Waals surface area contributed by atoms with Gasteiger partial charge in [0.2, 0.25) is 0 Å². The molecule has 0 bridgehead atoms. The number of rotatable bonds is 5. The van der Waals surface area contributed by atoms with E-state index in [1.807, 2.05) is 43.3 Å². The first-order valence-electron chi connectivity index (χ1n) is 10.2. The summed E-state index contributed by atoms with van der Waals surface area (Å²) in [6, 6.07) is 16.2. The monoisotopic (exact) mass is 407 g/mol. The molecule has 0 spiro atoms. The van der Waals surface area contributed by atoms with Crippen LogP contribution >= 0.6 is 0 Å². The number of para-hydroxylation sites is 1. The van der Waals surface area contributed by atoms with Crippen LogP contribution in [0.5, 0.6) is 0 Å². The third-order valence-electron chi connectivity index (χ3n) is 5.61. The summed E-state index contributed by atoms with van der Waals surface area (Å²) in [5.41, 5.74) is 3.85. The number of carbonyl (C=O) groups is 2. The Labute approximate surface area is 175 Å². The van der Waals surface area contributed by atoms with Crippen molar-refractivity contribution < 1.29 is 19.2 Å². The van der Waals surface area contributed by atoms with E-state index >= 15 is 0 Å². The Balaban J connectivity index is 1.43. The van der Waals surface area contributed by atoms with Crippen LogP contribution in [0.15, 0.2) is 48.5 Å². The van der Waals surface area contributed by atoms with Crippen molar-refractivity contribution in [2.75, 3.05) is 50.1 Å². The molecule has 0 unspecified atom stereocenters. The summed E-state index contributed by atoms with van der Waals surface area (Å²) < 4.78 is 4.89. The molecule has 1 aromatic heterocycles. The summed E-state index contributed by atoms with van der Waals surface area (Å²) in [7, 11) is 1.33. The van der Waals surface area contributed by atoms with Crippen molar-refractivity contribution in [2.45, 2.75) is 6.92 Å². The minimum atomic E-state index is -0.497. The highest BCUT2D eigenvalue weighted by Crippen LogP contribution is 2.29. The number of ether oxygens (including phenoxy) is 1. The van der Waals surface area contributed by atoms with Gasteiger partial charge in [0, 0.05) is 16.6 Å². The van der Waals surface area contributed by atoms with E-state index < -0.39 is 5.97 Å². The van der Waals surface area contributed by atoms with Crippen LogP contribution in [0.1, 0.15) is 16.1 Å². The number of fused-ring (bicyclic) bond motifs is 1. The van der Waals surface area contributed by atoms with E-state index in [1.165, 1.54) is 17.7 Å². The lowest BCUT2D eigenvalue weighted by molar-refractivity contribution is -0.892. The average Bonchev–Trinajstić information content (AvgIpc) is 3.11. The molecule has 1 saturated heterocycles. The molecule has 7 nitrogen and oxygen atoms in total. The maximum Gasteiger partial charge on any atom is 0.356 e. The smallest absolute Gasteiger partial charge is 0.356 e. The van der Waals surface area contributed by atoms with Gasteiger partial charge >= 0.3 is 5.97 Å². The molecule has 1 amide bonds. The summed E-state index contributed by atoms with van der Waals surface area (Å²) in [6.45, 7) is 5.94. The molecular formula is C23H27N4O3+. The third-order valence-corrected chi connectivity index (χ3v) is 5.61. The minimum absolute atomic E-state index is 0.107. The number of benzene rings is 2. The first kappa shape index (κ1) is 20.0. The number of quaternary nitrogens is 1. The van der Waals surface area contributed by atoms with Crippen LogP contribution in [0.2, 0.25) is 0 Å². The number of nitrogens with one attached hydrogen (secondary N) is 3. The largest absolute Gasteiger partial charge is 0.464 e. The van der Waals surface area contributed by atoms with E-state index in [0.717, 1.165) is 42.6 Å². The Morgan fingerprint density at radius 1 is 1.13 bits per heavy atom. The lowest BCUT2D eigenvalue weighted by atomic mass is 10.1. The molecule has 2 heterocycles. The van der Waals surface area contributed by atoms with Crippen molar-refractivity contribution in [1.82, 2.24) is 4.98 Å². The summed E-state index contributed by atoms with van der Waals surface area (Å²) in [6.07, 6.45) is 0. The standard InChI is InChI=1S/C23H26N4O3/c1-16-8-9-18-19(14-16)24-22(23(29)30-2)21(18)25-20(28)15-26-10-12-27(13-11-26)17-6-4-3-5-7-17/h3-9,14,24H,10-13,15H2,1-2H3,(H,25,28)/p+1. The fourth-order valence-electron chi connectivity index (χ4n) is 4.00. The quantitative estimate of drug-likeness (QED) is 0.562. The van der Waals surface area contributed by atoms with E-state index in [1.54, 1.807) is 0 Å². The molecule has 3 aromatic rings. The Morgan fingerprint density at radius 3 is 2.57 bits per heavy atom. The Morgan fingerprint density at radius 2 is 1.87 bits per heavy atom. The molecule has 0 saturated carbocycles. The molecule has 30 heavy (non-hydrogen) atoms. The SMILES string of the molecule is COC(=O)c1[nH]c2cc(C)ccc2c1NC(=O)C[NH+]1CCN(c2ccccc2)CC1. The molecule has 0 radical (unpaired) electrons. The summed E-state index contributed by atoms with van der Waals surface area (Å²) in [5, 5.41) is 3.76. The van der Waals surface area contributed by atoms with E-state index in [2.05, 4.69) is 27.3 Å². The summed E-state index contributed by atoms with van der Waals surface area (Å²) >= 11 is 0. The highest BCUT2D eigenvalue weighted by Gasteiger charge is 2.25. The van der Waals surface area contributed by atoms with Crippen LogP contribution in [0.3, 0.4) is 0 Å². The zero-order valence-electron chi connectivity index (χ0n) is 17.3. The molecule has 1 fully saturated rings. The number of aryl methyl sites for hydroxylation is 1. The van der Waals surface area contributed by atoms with Crippen molar-refractivity contribution in [3.63, 3.8) is 0 Å². The highest BCUT2D eigenvalue weighted by atomic mass is 16.5. The number of carbonyl (C=O) groups excluding carboxylic acids is 2. The van der Waals surface area contributed by atoms with Crippen molar-refractivity contribution >= 4 is 34.2 Å². The Bertz CT molecular complexity index is 1050. The number of aromatic nitrogens is 1. The van der Waals surface area contributed by atoms with Crippen molar-refractivity contribution in [3.05, 3.63) is 59.8 Å². The predicted molar refractivity (Wildman–Crippen MR) is 117 cm³/mol. The van der Waals surface area contributed by atoms with Gasteiger partial charge < -0.3 is 24.8 Å². The van der Waals surface area contributed by atoms with Crippen LogP contribution in [-0.4, -0.2) is 56.7 Å². The predicted octanol–water partition coefficient (Wildman–Crippen LogP) is 1.61. The van der Waals surface area contributed by atoms with Gasteiger partial charge in [-0.05, 0) is 30.7 Å². The molecule has 2 aromatic carbocycles. The van der Waals surface area contributed by atoms with Crippen LogP contribution in [-0.2, 0) is 9.53 Å². The van der Waals surface area contributed by atoms with Gasteiger partial charge in [-0.3, -0.25) is 4.79 Å². The zero-order chi connectivity index (χ0) is 21.1. The molecule has 4 rings (SSSR count). The second kappa shape index (κ2) is 8.59. The van der Waals surface area contributed by atoms with E-state index in [-0.39, 0.29) is 11.6 Å². The average molecular weight is 407 g/mol. The second-order valence-corrected chi connectivity index (χ2v) is 7.71. The van der Waals surface area contributed by atoms with Gasteiger partial charge in [0.15, 0.2) is 6.54 Å². The number of amides is 1. The molecule has 1 aliphatic rings.